The van der Waals surface area contributed by atoms with E-state index in [9.17, 15) is 24.5 Å². The number of fused-ring (bicyclic) bond motifs is 1. The summed E-state index contributed by atoms with van der Waals surface area (Å²) in [6, 6.07) is 10.0. The summed E-state index contributed by atoms with van der Waals surface area (Å²) in [7, 11) is 0. The van der Waals surface area contributed by atoms with Gasteiger partial charge in [-0.15, -0.1) is 0 Å². The lowest BCUT2D eigenvalue weighted by Crippen LogP contribution is -2.50. The number of esters is 1. The molecule has 0 radical (unpaired) electrons. The Morgan fingerprint density at radius 3 is 2.50 bits per heavy atom. The summed E-state index contributed by atoms with van der Waals surface area (Å²) < 4.78 is 10.7. The molecule has 2 amide bonds. The predicted molar refractivity (Wildman–Crippen MR) is 116 cm³/mol. The van der Waals surface area contributed by atoms with E-state index in [-0.39, 0.29) is 30.4 Å². The fourth-order valence-electron chi connectivity index (χ4n) is 3.22. The number of nitro groups is 1. The number of carbonyl (C=O) groups is 3. The molecule has 1 unspecified atom stereocenters. The number of benzene rings is 2. The van der Waals surface area contributed by atoms with E-state index >= 15 is 0 Å². The van der Waals surface area contributed by atoms with E-state index in [1.165, 1.54) is 35.2 Å². The molecule has 1 atom stereocenters. The van der Waals surface area contributed by atoms with Crippen molar-refractivity contribution in [3.8, 4) is 5.75 Å². The Morgan fingerprint density at radius 1 is 1.22 bits per heavy atom. The Hall–Kier alpha value is -3.95. The van der Waals surface area contributed by atoms with Gasteiger partial charge in [0.15, 0.2) is 6.10 Å². The maximum Gasteiger partial charge on any atom is 0.338 e. The number of nitrogens with zero attached hydrogens (tertiary/aromatic N) is 2. The molecule has 32 heavy (non-hydrogen) atoms. The molecule has 1 aliphatic rings. The Balaban J connectivity index is 1.81. The maximum atomic E-state index is 13.0. The zero-order valence-corrected chi connectivity index (χ0v) is 17.9. The number of amides is 2. The average molecular weight is 441 g/mol. The Kier molecular flexibility index (Phi) is 6.72. The van der Waals surface area contributed by atoms with Gasteiger partial charge < -0.3 is 14.8 Å². The molecular formula is C22H23N3O7. The second-order valence-corrected chi connectivity index (χ2v) is 7.46. The van der Waals surface area contributed by atoms with E-state index < -0.39 is 28.8 Å². The van der Waals surface area contributed by atoms with E-state index in [0.29, 0.717) is 17.0 Å². The number of non-ortho nitro benzene ring substituents is 1. The fourth-order valence-corrected chi connectivity index (χ4v) is 3.22. The summed E-state index contributed by atoms with van der Waals surface area (Å²) in [5, 5.41) is 13.8. The second-order valence-electron chi connectivity index (χ2n) is 7.46. The van der Waals surface area contributed by atoms with Gasteiger partial charge in [0, 0.05) is 17.8 Å². The molecule has 3 rings (SSSR count). The van der Waals surface area contributed by atoms with Gasteiger partial charge in [0.2, 0.25) is 5.91 Å². The Bertz CT molecular complexity index is 1050. The lowest BCUT2D eigenvalue weighted by Gasteiger charge is -2.35. The molecule has 1 aliphatic heterocycles. The molecule has 10 nitrogen and oxygen atoms in total. The number of ether oxygens (including phenoxy) is 2. The lowest BCUT2D eigenvalue weighted by molar-refractivity contribution is -0.384. The van der Waals surface area contributed by atoms with Crippen LogP contribution < -0.4 is 15.0 Å². The molecule has 0 bridgehead atoms. The van der Waals surface area contributed by atoms with Gasteiger partial charge >= 0.3 is 5.97 Å². The summed E-state index contributed by atoms with van der Waals surface area (Å²) in [6.07, 6.45) is -0.819. The van der Waals surface area contributed by atoms with E-state index in [1.54, 1.807) is 19.1 Å². The van der Waals surface area contributed by atoms with Gasteiger partial charge in [-0.3, -0.25) is 24.6 Å². The first-order valence-electron chi connectivity index (χ1n) is 10.0. The van der Waals surface area contributed by atoms with Crippen molar-refractivity contribution in [1.82, 2.24) is 0 Å². The number of nitrogens with one attached hydrogen (secondary N) is 1. The van der Waals surface area contributed by atoms with Crippen LogP contribution in [0.1, 0.15) is 31.1 Å². The standard InChI is InChI=1S/C22H23N3O7/c1-4-31-22(28)14-5-7-15(8-6-14)23-19(26)12-24-17-11-16(25(29)30)9-10-18(17)32-20(13(2)3)21(24)27/h5-11,13,20H,4,12H2,1-3H3,(H,23,26). The zero-order chi connectivity index (χ0) is 23.4. The fraction of sp³-hybridized carbons (Fsp3) is 0.318. The second kappa shape index (κ2) is 9.46. The molecule has 0 spiro atoms. The highest BCUT2D eigenvalue weighted by Crippen LogP contribution is 2.38. The van der Waals surface area contributed by atoms with Crippen LogP contribution in [0.3, 0.4) is 0 Å². The summed E-state index contributed by atoms with van der Waals surface area (Å²) in [6.45, 7) is 5.21. The van der Waals surface area contributed by atoms with E-state index in [2.05, 4.69) is 5.32 Å². The van der Waals surface area contributed by atoms with Crippen molar-refractivity contribution in [2.75, 3.05) is 23.4 Å². The van der Waals surface area contributed by atoms with Crippen LogP contribution in [0.5, 0.6) is 5.75 Å². The zero-order valence-electron chi connectivity index (χ0n) is 17.9. The van der Waals surface area contributed by atoms with E-state index in [4.69, 9.17) is 9.47 Å². The van der Waals surface area contributed by atoms with Gasteiger partial charge in [-0.05, 0) is 43.2 Å². The van der Waals surface area contributed by atoms with Gasteiger partial charge in [0.1, 0.15) is 12.3 Å². The van der Waals surface area contributed by atoms with Crippen molar-refractivity contribution in [3.63, 3.8) is 0 Å². The van der Waals surface area contributed by atoms with Crippen molar-refractivity contribution in [2.24, 2.45) is 5.92 Å². The van der Waals surface area contributed by atoms with Crippen LogP contribution in [0.4, 0.5) is 17.1 Å². The van der Waals surface area contributed by atoms with Crippen molar-refractivity contribution in [1.29, 1.82) is 0 Å². The summed E-state index contributed by atoms with van der Waals surface area (Å²) in [4.78, 5) is 49.2. The van der Waals surface area contributed by atoms with E-state index in [0.717, 1.165) is 0 Å². The average Bonchev–Trinajstić information content (AvgIpc) is 2.75. The predicted octanol–water partition coefficient (Wildman–Crippen LogP) is 3.16. The van der Waals surface area contributed by atoms with Crippen LogP contribution in [-0.2, 0) is 14.3 Å². The van der Waals surface area contributed by atoms with Crippen LogP contribution >= 0.6 is 0 Å². The smallest absolute Gasteiger partial charge is 0.338 e. The number of hydrogen-bond donors (Lipinski definition) is 1. The van der Waals surface area contributed by atoms with Gasteiger partial charge in [-0.2, -0.15) is 0 Å². The minimum atomic E-state index is -0.819. The van der Waals surface area contributed by atoms with Gasteiger partial charge in [0.05, 0.1) is 22.8 Å². The molecule has 0 saturated heterocycles. The number of carbonyl (C=O) groups excluding carboxylic acids is 3. The van der Waals surface area contributed by atoms with Gasteiger partial charge in [0.25, 0.3) is 11.6 Å². The molecule has 2 aromatic carbocycles. The molecule has 1 N–H and O–H groups in total. The SMILES string of the molecule is CCOC(=O)c1ccc(NC(=O)CN2C(=O)C(C(C)C)Oc3ccc([N+](=O)[O-])cc32)cc1. The highest BCUT2D eigenvalue weighted by molar-refractivity contribution is 6.06. The maximum absolute atomic E-state index is 13.0. The third-order valence-corrected chi connectivity index (χ3v) is 4.79. The molecule has 0 aromatic heterocycles. The first-order valence-corrected chi connectivity index (χ1v) is 10.0. The number of rotatable bonds is 7. The molecule has 0 fully saturated rings. The summed E-state index contributed by atoms with van der Waals surface area (Å²) in [5.41, 5.74) is 0.703. The van der Waals surface area contributed by atoms with Crippen molar-refractivity contribution in [3.05, 3.63) is 58.1 Å². The molecular weight excluding hydrogens is 418 g/mol. The number of nitro benzene ring substituents is 1. The lowest BCUT2D eigenvalue weighted by atomic mass is 10.0. The number of hydrogen-bond acceptors (Lipinski definition) is 7. The Labute approximate surface area is 184 Å². The molecule has 0 saturated carbocycles. The highest BCUT2D eigenvalue weighted by atomic mass is 16.6. The van der Waals surface area contributed by atoms with Crippen molar-refractivity contribution >= 4 is 34.8 Å². The normalized spacial score (nSPS) is 15.1. The third kappa shape index (κ3) is 4.85. The highest BCUT2D eigenvalue weighted by Gasteiger charge is 2.38. The van der Waals surface area contributed by atoms with Gasteiger partial charge in [-0.1, -0.05) is 13.8 Å². The first kappa shape index (κ1) is 22.7. The molecule has 0 aliphatic carbocycles. The van der Waals surface area contributed by atoms with Crippen LogP contribution in [0.25, 0.3) is 0 Å². The minimum absolute atomic E-state index is 0.161. The van der Waals surface area contributed by atoms with Crippen molar-refractivity contribution < 1.29 is 28.8 Å². The van der Waals surface area contributed by atoms with Crippen LogP contribution in [-0.4, -0.2) is 42.0 Å². The van der Waals surface area contributed by atoms with Crippen LogP contribution in [0.15, 0.2) is 42.5 Å². The van der Waals surface area contributed by atoms with Crippen LogP contribution in [0, 0.1) is 16.0 Å². The minimum Gasteiger partial charge on any atom is -0.478 e. The van der Waals surface area contributed by atoms with Crippen molar-refractivity contribution in [2.45, 2.75) is 26.9 Å². The Morgan fingerprint density at radius 2 is 1.91 bits per heavy atom. The molecule has 2 aromatic rings. The third-order valence-electron chi connectivity index (χ3n) is 4.79. The largest absolute Gasteiger partial charge is 0.478 e. The topological polar surface area (TPSA) is 128 Å². The monoisotopic (exact) mass is 441 g/mol. The molecule has 10 heteroatoms. The van der Waals surface area contributed by atoms with E-state index in [1.807, 2.05) is 13.8 Å². The summed E-state index contributed by atoms with van der Waals surface area (Å²) >= 11 is 0. The quantitative estimate of drug-likeness (QED) is 0.397. The van der Waals surface area contributed by atoms with Gasteiger partial charge in [-0.25, -0.2) is 4.79 Å². The van der Waals surface area contributed by atoms with Crippen LogP contribution in [0.2, 0.25) is 0 Å². The summed E-state index contributed by atoms with van der Waals surface area (Å²) in [5.74, 6) is -1.32. The first-order chi connectivity index (χ1) is 15.2. The molecule has 1 heterocycles. The molecule has 168 valence electrons. The number of anilines is 2.